The normalized spacial score (nSPS) is 19.1. The van der Waals surface area contributed by atoms with Gasteiger partial charge in [-0.2, -0.15) is 0 Å². The molecule has 4 N–H and O–H groups in total. The van der Waals surface area contributed by atoms with E-state index in [1.54, 1.807) is 23.6 Å². The molecule has 4 aromatic rings. The highest BCUT2D eigenvalue weighted by Crippen LogP contribution is 2.41. The Hall–Kier alpha value is -4.73. The van der Waals surface area contributed by atoms with Crippen LogP contribution in [0.4, 0.5) is 10.5 Å². The third-order valence-electron chi connectivity index (χ3n) is 12.7. The van der Waals surface area contributed by atoms with Crippen molar-refractivity contribution in [1.29, 1.82) is 0 Å². The highest BCUT2D eigenvalue weighted by Gasteiger charge is 2.45. The number of piperidine rings is 2. The van der Waals surface area contributed by atoms with E-state index in [1.165, 1.54) is 32.4 Å². The lowest BCUT2D eigenvalue weighted by Gasteiger charge is -2.39. The molecule has 1 amide bonds. The third kappa shape index (κ3) is 9.30. The number of rotatable bonds is 12. The van der Waals surface area contributed by atoms with Crippen LogP contribution in [0, 0.1) is 0 Å². The zero-order valence-electron chi connectivity index (χ0n) is 35.4. The molecule has 8 rings (SSSR count). The number of likely N-dealkylation sites (tertiary alicyclic amines) is 2. The van der Waals surface area contributed by atoms with Crippen LogP contribution >= 0.6 is 23.2 Å². The highest BCUT2D eigenvalue weighted by atomic mass is 35.5. The fourth-order valence-corrected chi connectivity index (χ4v) is 9.64. The van der Waals surface area contributed by atoms with Crippen molar-refractivity contribution in [3.05, 3.63) is 86.7 Å². The van der Waals surface area contributed by atoms with Crippen LogP contribution < -0.4 is 20.9 Å². The van der Waals surface area contributed by atoms with Gasteiger partial charge in [0.25, 0.3) is 5.56 Å². The number of nitrogens with zero attached hydrogens (tertiary/aromatic N) is 5. The van der Waals surface area contributed by atoms with Crippen LogP contribution in [0.1, 0.15) is 80.2 Å². The molecule has 2 saturated heterocycles. The molecule has 4 aliphatic heterocycles. The third-order valence-corrected chi connectivity index (χ3v) is 13.1. The summed E-state index contributed by atoms with van der Waals surface area (Å²) in [5, 5.41) is 20.8. The Kier molecular flexibility index (Phi) is 14.4. The van der Waals surface area contributed by atoms with Gasteiger partial charge in [0, 0.05) is 66.2 Å². The summed E-state index contributed by atoms with van der Waals surface area (Å²) in [4.78, 5) is 61.3. The van der Waals surface area contributed by atoms with Crippen LogP contribution in [0.3, 0.4) is 0 Å². The molecule has 0 radical (unpaired) electrons. The zero-order chi connectivity index (χ0) is 44.1. The Morgan fingerprint density at radius 2 is 1.68 bits per heavy atom. The number of carbonyl (C=O) groups is 3. The molecule has 0 aliphatic carbocycles. The van der Waals surface area contributed by atoms with Crippen molar-refractivity contribution < 1.29 is 34.1 Å². The van der Waals surface area contributed by atoms with Gasteiger partial charge in [0.2, 0.25) is 0 Å². The van der Waals surface area contributed by atoms with Gasteiger partial charge in [-0.05, 0) is 106 Å². The number of nitrogens with two attached hydrogens (primary N) is 1. The molecule has 6 heterocycles. The fraction of sp³-hybridized carbons (Fsp3) is 0.500. The van der Waals surface area contributed by atoms with E-state index in [0.29, 0.717) is 78.5 Å². The van der Waals surface area contributed by atoms with E-state index in [4.69, 9.17) is 48.5 Å². The molecule has 4 aliphatic rings. The number of hydrogen-bond acceptors (Lipinski definition) is 11. The fourth-order valence-electron chi connectivity index (χ4n) is 9.23. The number of anilines is 1. The number of halogens is 2. The number of alkyl halides is 2. The van der Waals surface area contributed by atoms with Gasteiger partial charge in [-0.15, -0.1) is 23.2 Å². The smallest absolute Gasteiger partial charge is 0.415 e. The summed E-state index contributed by atoms with van der Waals surface area (Å²) in [5.74, 6) is -0.196. The van der Waals surface area contributed by atoms with E-state index in [-0.39, 0.29) is 24.7 Å². The van der Waals surface area contributed by atoms with Crippen LogP contribution in [0.15, 0.2) is 53.3 Å². The molecule has 16 heteroatoms. The van der Waals surface area contributed by atoms with Gasteiger partial charge in [-0.25, -0.2) is 14.6 Å². The lowest BCUT2D eigenvalue weighted by atomic mass is 9.86. The topological polar surface area (TPSA) is 181 Å². The predicted octanol–water partition coefficient (Wildman–Crippen LogP) is 6.02. The number of aromatic nitrogens is 2. The Labute approximate surface area is 371 Å². The maximum atomic E-state index is 13.6. The van der Waals surface area contributed by atoms with Crippen LogP contribution in [0.25, 0.3) is 22.3 Å². The number of ether oxygens (including phenoxy) is 2. The number of carbonyl (C=O) groups excluding carboxylic acids is 2. The number of hydrogen-bond donors (Lipinski definition) is 3. The standard InChI is InChI=1S/C33H38N4O6.C13H18Cl2N2O2/c1-3-22-23-16-21(43-32(40)36-14-10-20(11-15-36)35-12-6-5-7-13-35)8-9-27(23)34-29-24(22)18-37-28(29)17-26-25(30(37)38)19-42-31(39)33(26,41)4-2;14-5-7-17(8-6-15)11-3-1-10(2-4-11)9-12(16)13(18)19/h8-9,16-17,20,41H,3-7,10-15,18-19H2,1-2H3;1-4,12H,5-9,16H2,(H,18,19)/t33-;12-/m00/s1. The monoisotopic (exact) mass is 890 g/mol. The van der Waals surface area contributed by atoms with Crippen molar-refractivity contribution in [3.63, 3.8) is 0 Å². The lowest BCUT2D eigenvalue weighted by Crippen LogP contribution is -2.48. The second-order valence-corrected chi connectivity index (χ2v) is 17.2. The molecule has 2 atom stereocenters. The van der Waals surface area contributed by atoms with Crippen molar-refractivity contribution in [2.24, 2.45) is 5.73 Å². The van der Waals surface area contributed by atoms with Crippen LogP contribution in [0.5, 0.6) is 5.75 Å². The summed E-state index contributed by atoms with van der Waals surface area (Å²) in [6.45, 7) is 9.10. The number of aliphatic hydroxyl groups is 1. The summed E-state index contributed by atoms with van der Waals surface area (Å²) in [6.07, 6.45) is 6.58. The molecule has 2 aromatic carbocycles. The minimum atomic E-state index is -1.86. The van der Waals surface area contributed by atoms with Crippen molar-refractivity contribution >= 4 is 57.8 Å². The molecule has 332 valence electrons. The molecule has 2 fully saturated rings. The number of aryl methyl sites for hydroxylation is 1. The van der Waals surface area contributed by atoms with Crippen LogP contribution in [-0.2, 0) is 45.9 Å². The van der Waals surface area contributed by atoms with Gasteiger partial charge in [0.15, 0.2) is 5.60 Å². The van der Waals surface area contributed by atoms with Crippen molar-refractivity contribution in [3.8, 4) is 17.1 Å². The molecule has 0 unspecified atom stereocenters. The lowest BCUT2D eigenvalue weighted by molar-refractivity contribution is -0.172. The van der Waals surface area contributed by atoms with Gasteiger partial charge in [-0.3, -0.25) is 9.59 Å². The Bertz CT molecular complexity index is 2340. The first-order chi connectivity index (χ1) is 29.9. The minimum Gasteiger partial charge on any atom is -0.480 e. The van der Waals surface area contributed by atoms with Gasteiger partial charge in [0.1, 0.15) is 18.4 Å². The number of carboxylic acids is 1. The maximum Gasteiger partial charge on any atom is 0.415 e. The van der Waals surface area contributed by atoms with Gasteiger partial charge >= 0.3 is 18.0 Å². The summed E-state index contributed by atoms with van der Waals surface area (Å²) >= 11 is 11.5. The minimum absolute atomic E-state index is 0.0951. The first-order valence-electron chi connectivity index (χ1n) is 21.7. The second-order valence-electron chi connectivity index (χ2n) is 16.4. The number of cyclic esters (lactones) is 1. The van der Waals surface area contributed by atoms with E-state index in [9.17, 15) is 24.3 Å². The highest BCUT2D eigenvalue weighted by molar-refractivity contribution is 6.18. The number of aliphatic carboxylic acids is 1. The molecule has 14 nitrogen and oxygen atoms in total. The number of fused-ring (bicyclic) bond motifs is 5. The second kappa shape index (κ2) is 19.8. The molecule has 2 aromatic heterocycles. The quantitative estimate of drug-likeness (QED) is 0.0982. The summed E-state index contributed by atoms with van der Waals surface area (Å²) in [5.41, 5.74) is 9.80. The molecule has 0 saturated carbocycles. The van der Waals surface area contributed by atoms with Crippen molar-refractivity contribution in [1.82, 2.24) is 19.4 Å². The number of esters is 1. The van der Waals surface area contributed by atoms with E-state index in [2.05, 4.69) is 16.7 Å². The summed E-state index contributed by atoms with van der Waals surface area (Å²) in [7, 11) is 0. The van der Waals surface area contributed by atoms with E-state index < -0.39 is 23.6 Å². The number of benzene rings is 2. The average Bonchev–Trinajstić information content (AvgIpc) is 3.66. The van der Waals surface area contributed by atoms with E-state index in [1.807, 2.05) is 41.3 Å². The van der Waals surface area contributed by atoms with E-state index >= 15 is 0 Å². The number of carboxylic acid groups (broad SMARTS) is 1. The Morgan fingerprint density at radius 3 is 2.31 bits per heavy atom. The first-order valence-corrected chi connectivity index (χ1v) is 22.7. The van der Waals surface area contributed by atoms with Crippen LogP contribution in [-0.4, -0.2) is 111 Å². The average molecular weight is 892 g/mol. The van der Waals surface area contributed by atoms with Crippen molar-refractivity contribution in [2.45, 2.75) is 96.1 Å². The summed E-state index contributed by atoms with van der Waals surface area (Å²) in [6, 6.07) is 14.5. The number of amides is 1. The van der Waals surface area contributed by atoms with Gasteiger partial charge < -0.3 is 44.7 Å². The SMILES string of the molecule is CCc1c2c(nc3ccc(OC(=O)N4CCC(N5CCCCC5)CC4)cc13)-c1cc3c(c(=O)n1C2)COC(=O)[C@]3(O)CC.N[C@@H](Cc1ccc(N(CCCl)CCCl)cc1)C(=O)O. The van der Waals surface area contributed by atoms with Crippen LogP contribution in [0.2, 0.25) is 0 Å². The summed E-state index contributed by atoms with van der Waals surface area (Å²) < 4.78 is 12.7. The first kappa shape index (κ1) is 45.3. The van der Waals surface area contributed by atoms with Gasteiger partial charge in [0.05, 0.1) is 29.0 Å². The zero-order valence-corrected chi connectivity index (χ0v) is 36.9. The largest absolute Gasteiger partial charge is 0.480 e. The van der Waals surface area contributed by atoms with Gasteiger partial charge in [-0.1, -0.05) is 32.4 Å². The molecular formula is C46H56Cl2N6O8. The molecular weight excluding hydrogens is 835 g/mol. The predicted molar refractivity (Wildman–Crippen MR) is 239 cm³/mol. The Balaban J connectivity index is 0.000000257. The Morgan fingerprint density at radius 1 is 0.984 bits per heavy atom. The molecule has 0 bridgehead atoms. The maximum absolute atomic E-state index is 13.6. The van der Waals surface area contributed by atoms with E-state index in [0.717, 1.165) is 59.2 Å². The van der Waals surface area contributed by atoms with Crippen molar-refractivity contribution in [2.75, 3.05) is 55.9 Å². The number of pyridine rings is 2. The molecule has 0 spiro atoms. The molecule has 62 heavy (non-hydrogen) atoms.